The van der Waals surface area contributed by atoms with E-state index in [-0.39, 0.29) is 44.4 Å². The van der Waals surface area contributed by atoms with E-state index < -0.39 is 80.0 Å². The molecule has 4 aliphatic rings. The number of ether oxygens (including phenoxy) is 3. The number of aromatic hydroxyl groups is 1. The van der Waals surface area contributed by atoms with Crippen molar-refractivity contribution >= 4 is 40.0 Å². The van der Waals surface area contributed by atoms with Crippen molar-refractivity contribution in [3.05, 3.63) is 70.4 Å². The second-order valence-corrected chi connectivity index (χ2v) is 13.0. The summed E-state index contributed by atoms with van der Waals surface area (Å²) in [5.74, 6) is -3.43. The molecule has 0 spiro atoms. The predicted octanol–water partition coefficient (Wildman–Crippen LogP) is -0.731. The van der Waals surface area contributed by atoms with Crippen molar-refractivity contribution in [2.75, 3.05) is 18.5 Å². The molecule has 3 heterocycles. The molecule has 18 heteroatoms. The van der Waals surface area contributed by atoms with E-state index in [4.69, 9.17) is 30.8 Å². The first kappa shape index (κ1) is 37.4. The van der Waals surface area contributed by atoms with E-state index in [0.29, 0.717) is 16.5 Å². The van der Waals surface area contributed by atoms with E-state index in [1.807, 2.05) is 0 Å². The quantitative estimate of drug-likeness (QED) is 0.0783. The van der Waals surface area contributed by atoms with Crippen molar-refractivity contribution in [3.63, 3.8) is 0 Å². The third-order valence-corrected chi connectivity index (χ3v) is 9.36. The Hall–Kier alpha value is -4.31. The molecular weight excluding hydrogens is 708 g/mol. The summed E-state index contributed by atoms with van der Waals surface area (Å²) in [5, 5.41) is 98.6. The normalized spacial score (nSPS) is 30.7. The number of phenolic OH excluding ortho intramolecular Hbond substituents is 1. The third kappa shape index (κ3) is 6.94. The van der Waals surface area contributed by atoms with Crippen LogP contribution in [0.2, 0.25) is 0 Å². The summed E-state index contributed by atoms with van der Waals surface area (Å²) in [4.78, 5) is 24.8. The fraction of sp³-hybridized carbons (Fsp3) is 0.382. The van der Waals surface area contributed by atoms with Crippen molar-refractivity contribution in [2.45, 2.75) is 67.8 Å². The molecule has 278 valence electrons. The lowest BCUT2D eigenvalue weighted by Gasteiger charge is -2.50. The first-order valence-corrected chi connectivity index (χ1v) is 16.3. The van der Waals surface area contributed by atoms with Gasteiger partial charge < -0.3 is 75.2 Å². The molecule has 0 radical (unpaired) electrons. The Kier molecular flexibility index (Phi) is 10.5. The number of hydrogen-bond donors (Lipinski definition) is 11. The van der Waals surface area contributed by atoms with Gasteiger partial charge in [-0.05, 0) is 61.1 Å². The van der Waals surface area contributed by atoms with Crippen LogP contribution in [0.4, 0.5) is 5.69 Å². The molecule has 2 aromatic rings. The highest BCUT2D eigenvalue weighted by Crippen LogP contribution is 2.42. The van der Waals surface area contributed by atoms with Crippen LogP contribution in [0.3, 0.4) is 0 Å². The highest BCUT2D eigenvalue weighted by Gasteiger charge is 2.55. The van der Waals surface area contributed by atoms with Gasteiger partial charge in [0, 0.05) is 34.3 Å². The molecule has 0 saturated carbocycles. The van der Waals surface area contributed by atoms with Gasteiger partial charge in [-0.3, -0.25) is 4.79 Å². The molecule has 2 aromatic carbocycles. The Balaban J connectivity index is 1.30. The monoisotopic (exact) mass is 744 g/mol. The molecule has 6 rings (SSSR count). The number of fused-ring (bicyclic) bond motifs is 2. The fourth-order valence-electron chi connectivity index (χ4n) is 6.45. The molecule has 1 aliphatic carbocycles. The first-order chi connectivity index (χ1) is 24.6. The lowest BCUT2D eigenvalue weighted by atomic mass is 9.90. The van der Waals surface area contributed by atoms with Crippen molar-refractivity contribution in [1.82, 2.24) is 5.32 Å². The third-order valence-electron chi connectivity index (χ3n) is 9.14. The Morgan fingerprint density at radius 2 is 1.60 bits per heavy atom. The zero-order chi connectivity index (χ0) is 37.6. The number of phenols is 1. The van der Waals surface area contributed by atoms with Gasteiger partial charge in [-0.15, -0.1) is 0 Å². The number of aromatic carboxylic acids is 1. The number of nitrogens with one attached hydrogen (secondary N) is 2. The van der Waals surface area contributed by atoms with Gasteiger partial charge in [0.15, 0.2) is 22.6 Å². The van der Waals surface area contributed by atoms with E-state index in [9.17, 15) is 55.5 Å². The summed E-state index contributed by atoms with van der Waals surface area (Å²) < 4.78 is 23.0. The summed E-state index contributed by atoms with van der Waals surface area (Å²) in [5.41, 5.74) is 0.905. The van der Waals surface area contributed by atoms with E-state index in [2.05, 4.69) is 10.6 Å². The van der Waals surface area contributed by atoms with E-state index in [1.54, 1.807) is 6.07 Å². The zero-order valence-electron chi connectivity index (χ0n) is 27.2. The highest BCUT2D eigenvalue weighted by atomic mass is 32.1. The average molecular weight is 745 g/mol. The molecule has 0 amide bonds. The number of carbonyl (C=O) groups is 1. The van der Waals surface area contributed by atoms with Crippen LogP contribution in [0, 0.1) is 0 Å². The van der Waals surface area contributed by atoms with Crippen molar-refractivity contribution in [3.8, 4) is 28.2 Å². The van der Waals surface area contributed by atoms with E-state index in [1.165, 1.54) is 55.5 Å². The van der Waals surface area contributed by atoms with Gasteiger partial charge >= 0.3 is 5.97 Å². The number of thiocarbonyl (C=S) groups is 1. The number of hydrogen-bond acceptors (Lipinski definition) is 15. The highest BCUT2D eigenvalue weighted by molar-refractivity contribution is 7.80. The maximum atomic E-state index is 12.7. The minimum absolute atomic E-state index is 0.110. The van der Waals surface area contributed by atoms with Gasteiger partial charge in [0.25, 0.3) is 0 Å². The van der Waals surface area contributed by atoms with Crippen molar-refractivity contribution < 1.29 is 69.4 Å². The number of anilines is 1. The average Bonchev–Trinajstić information content (AvgIpc) is 3.11. The maximum Gasteiger partial charge on any atom is 0.336 e. The lowest BCUT2D eigenvalue weighted by molar-refractivity contribution is -0.407. The summed E-state index contributed by atoms with van der Waals surface area (Å²) in [6.45, 7) is -0.347. The minimum atomic E-state index is -2.16. The summed E-state index contributed by atoms with van der Waals surface area (Å²) >= 11 is 5.46. The number of carboxylic acids is 1. The molecule has 0 aromatic heterocycles. The maximum absolute atomic E-state index is 12.7. The number of carboxylic acid groups (broad SMARTS) is 1. The molecule has 17 nitrogen and oxygen atoms in total. The molecule has 10 atom stereocenters. The largest absolute Gasteiger partial charge is 0.508 e. The topological polar surface area (TPSA) is 281 Å². The van der Waals surface area contributed by atoms with Crippen LogP contribution in [0.5, 0.6) is 5.75 Å². The Bertz CT molecular complexity index is 2010. The van der Waals surface area contributed by atoms with Crippen molar-refractivity contribution in [2.24, 2.45) is 0 Å². The molecule has 2 saturated heterocycles. The Morgan fingerprint density at radius 3 is 2.29 bits per heavy atom. The van der Waals surface area contributed by atoms with Crippen LogP contribution < -0.4 is 16.1 Å². The van der Waals surface area contributed by atoms with Gasteiger partial charge in [0.2, 0.25) is 0 Å². The summed E-state index contributed by atoms with van der Waals surface area (Å²) in [6.07, 6.45) is -13.3. The van der Waals surface area contributed by atoms with E-state index >= 15 is 0 Å². The summed E-state index contributed by atoms with van der Waals surface area (Å²) in [7, 11) is 0. The fourth-order valence-corrected chi connectivity index (χ4v) is 6.71. The molecule has 2 fully saturated rings. The van der Waals surface area contributed by atoms with Crippen LogP contribution in [-0.4, -0.2) is 131 Å². The van der Waals surface area contributed by atoms with Crippen LogP contribution in [0.1, 0.15) is 17.3 Å². The van der Waals surface area contributed by atoms with Crippen LogP contribution >= 0.6 is 12.2 Å². The first-order valence-electron chi connectivity index (χ1n) is 15.9. The van der Waals surface area contributed by atoms with E-state index in [0.717, 1.165) is 0 Å². The van der Waals surface area contributed by atoms with Gasteiger partial charge in [0.1, 0.15) is 65.9 Å². The number of rotatable bonds is 8. The molecular formula is C34H36N2O15S. The lowest BCUT2D eigenvalue weighted by Crippen LogP contribution is -2.70. The van der Waals surface area contributed by atoms with Gasteiger partial charge in [-0.2, -0.15) is 0 Å². The molecule has 52 heavy (non-hydrogen) atoms. The van der Waals surface area contributed by atoms with Gasteiger partial charge in [-0.25, -0.2) is 4.79 Å². The standard InChI is InChI=1S/C34H36N2O15S/c1-34(30(45)29(44)27(42)23(12-38)50-34)51-32-25(28(43)26(41)22(11-37)49-32)36-33(52)35-13-2-5-16(19(8-13)31(46)47)24-17-6-3-14(39)9-20(17)48-21-10-15(40)4-7-18(21)24/h2-10,22-23,25-30,32,37-39,41-45H,11-12H2,1H3,(H,46,47)(H2,35,36,52)/t22-,23-,25-,26-,27-,28-,29+,30-,32-,34-/m1/s1. The van der Waals surface area contributed by atoms with Gasteiger partial charge in [0.05, 0.1) is 18.8 Å². The zero-order valence-corrected chi connectivity index (χ0v) is 28.0. The van der Waals surface area contributed by atoms with Crippen LogP contribution in [0.25, 0.3) is 33.4 Å². The van der Waals surface area contributed by atoms with Crippen LogP contribution in [-0.2, 0) is 14.2 Å². The van der Waals surface area contributed by atoms with Crippen LogP contribution in [0.15, 0.2) is 63.8 Å². The Labute approximate surface area is 299 Å². The number of benzene rings is 3. The molecule has 11 N–H and O–H groups in total. The molecule has 0 unspecified atom stereocenters. The van der Waals surface area contributed by atoms with Crippen molar-refractivity contribution in [1.29, 1.82) is 0 Å². The second-order valence-electron chi connectivity index (χ2n) is 12.6. The predicted molar refractivity (Wildman–Crippen MR) is 184 cm³/mol. The number of aliphatic hydroxyl groups is 7. The van der Waals surface area contributed by atoms with Gasteiger partial charge in [-0.1, -0.05) is 6.07 Å². The smallest absolute Gasteiger partial charge is 0.336 e. The summed E-state index contributed by atoms with van der Waals surface area (Å²) in [6, 6.07) is 11.2. The SMILES string of the molecule is C[C@]1(O[C@H]2O[C@H](CO)[C@@H](O)[C@H](O)[C@H]2NC(=S)Nc2ccc(-c3c4ccc(=O)cc-4oc4cc(O)ccc34)c(C(=O)O)c2)O[C@H](CO)[C@@H](O)[C@H](O)[C@H]1O. The Morgan fingerprint density at radius 1 is 0.904 bits per heavy atom. The number of aliphatic hydroxyl groups excluding tert-OH is 7. The minimum Gasteiger partial charge on any atom is -0.508 e. The molecule has 0 bridgehead atoms. The second kappa shape index (κ2) is 14.6. The molecule has 3 aliphatic heterocycles.